The van der Waals surface area contributed by atoms with E-state index >= 15 is 0 Å². The second kappa shape index (κ2) is 7.20. The molecule has 0 bridgehead atoms. The number of thiazole rings is 1. The smallest absolute Gasteiger partial charge is 0.235 e. The maximum atomic E-state index is 12.0. The van der Waals surface area contributed by atoms with E-state index in [0.29, 0.717) is 11.6 Å². The van der Waals surface area contributed by atoms with Crippen LogP contribution in [0.3, 0.4) is 0 Å². The van der Waals surface area contributed by atoms with E-state index in [2.05, 4.69) is 15.3 Å². The minimum absolute atomic E-state index is 0.0552. The third-order valence-corrected chi connectivity index (χ3v) is 4.72. The molecule has 0 radical (unpaired) electrons. The number of aromatic nitrogens is 2. The fourth-order valence-corrected chi connectivity index (χ4v) is 3.28. The van der Waals surface area contributed by atoms with Crippen LogP contribution in [-0.4, -0.2) is 21.6 Å². The highest BCUT2D eigenvalue weighted by Gasteiger charge is 2.08. The lowest BCUT2D eigenvalue weighted by atomic mass is 10.3. The molecule has 1 N–H and O–H groups in total. The number of pyridine rings is 1. The van der Waals surface area contributed by atoms with E-state index < -0.39 is 0 Å². The fourth-order valence-electron chi connectivity index (χ4n) is 1.80. The van der Waals surface area contributed by atoms with Crippen molar-refractivity contribution in [3.05, 3.63) is 60.2 Å². The van der Waals surface area contributed by atoms with Crippen LogP contribution in [0.15, 0.2) is 65.1 Å². The molecule has 0 saturated carbocycles. The van der Waals surface area contributed by atoms with Crippen molar-refractivity contribution >= 4 is 34.8 Å². The zero-order chi connectivity index (χ0) is 15.2. The highest BCUT2D eigenvalue weighted by atomic mass is 32.2. The van der Waals surface area contributed by atoms with E-state index in [1.807, 2.05) is 47.8 Å². The van der Waals surface area contributed by atoms with Crippen molar-refractivity contribution in [1.82, 2.24) is 9.97 Å². The first-order chi connectivity index (χ1) is 10.8. The van der Waals surface area contributed by atoms with Crippen molar-refractivity contribution in [3.63, 3.8) is 0 Å². The van der Waals surface area contributed by atoms with Crippen LogP contribution in [0.4, 0.5) is 5.82 Å². The van der Waals surface area contributed by atoms with E-state index in [1.54, 1.807) is 12.4 Å². The highest BCUT2D eigenvalue weighted by Crippen LogP contribution is 2.25. The summed E-state index contributed by atoms with van der Waals surface area (Å²) in [7, 11) is 0. The van der Waals surface area contributed by atoms with Gasteiger partial charge in [-0.3, -0.25) is 9.78 Å². The number of nitrogens with zero attached hydrogens (tertiary/aromatic N) is 2. The van der Waals surface area contributed by atoms with Gasteiger partial charge in [0.05, 0.1) is 5.75 Å². The summed E-state index contributed by atoms with van der Waals surface area (Å²) in [5.41, 5.74) is 0.999. The fraction of sp³-hybridized carbons (Fsp3) is 0.0625. The largest absolute Gasteiger partial charge is 0.309 e. The van der Waals surface area contributed by atoms with Crippen LogP contribution in [0.25, 0.3) is 10.6 Å². The molecule has 0 aliphatic rings. The van der Waals surface area contributed by atoms with E-state index in [9.17, 15) is 4.79 Å². The summed E-state index contributed by atoms with van der Waals surface area (Å²) in [6.45, 7) is 0. The number of thioether (sulfide) groups is 1. The lowest BCUT2D eigenvalue weighted by Crippen LogP contribution is -2.14. The minimum Gasteiger partial charge on any atom is -0.309 e. The molecular formula is C16H13N3OS2. The van der Waals surface area contributed by atoms with Gasteiger partial charge in [0.1, 0.15) is 10.8 Å². The Kier molecular flexibility index (Phi) is 4.82. The number of carbonyl (C=O) groups is 1. The molecule has 0 aliphatic carbocycles. The Morgan fingerprint density at radius 2 is 1.91 bits per heavy atom. The third kappa shape index (κ3) is 3.93. The zero-order valence-electron chi connectivity index (χ0n) is 11.6. The number of rotatable bonds is 5. The predicted molar refractivity (Wildman–Crippen MR) is 91.1 cm³/mol. The first-order valence-corrected chi connectivity index (χ1v) is 8.51. The van der Waals surface area contributed by atoms with Gasteiger partial charge in [-0.15, -0.1) is 23.1 Å². The Morgan fingerprint density at radius 1 is 1.14 bits per heavy atom. The van der Waals surface area contributed by atoms with Crippen molar-refractivity contribution in [2.45, 2.75) is 4.90 Å². The van der Waals surface area contributed by atoms with E-state index in [-0.39, 0.29) is 5.91 Å². The molecule has 4 nitrogen and oxygen atoms in total. The van der Waals surface area contributed by atoms with Gasteiger partial charge in [-0.05, 0) is 24.3 Å². The standard InChI is InChI=1S/C16H13N3OS2/c20-15(11-21-13-4-2-1-3-5-13)18-14-10-22-16(19-14)12-6-8-17-9-7-12/h1-10H,11H2,(H,18,20). The molecular weight excluding hydrogens is 314 g/mol. The monoisotopic (exact) mass is 327 g/mol. The van der Waals surface area contributed by atoms with Crippen LogP contribution >= 0.6 is 23.1 Å². The molecule has 110 valence electrons. The number of nitrogens with one attached hydrogen (secondary N) is 1. The maximum absolute atomic E-state index is 12.0. The van der Waals surface area contributed by atoms with Gasteiger partial charge in [0, 0.05) is 28.2 Å². The molecule has 1 amide bonds. The van der Waals surface area contributed by atoms with Gasteiger partial charge < -0.3 is 5.32 Å². The molecule has 22 heavy (non-hydrogen) atoms. The minimum atomic E-state index is -0.0552. The van der Waals surface area contributed by atoms with Gasteiger partial charge in [-0.1, -0.05) is 18.2 Å². The predicted octanol–water partition coefficient (Wildman–Crippen LogP) is 3.94. The van der Waals surface area contributed by atoms with Crippen LogP contribution in [-0.2, 0) is 4.79 Å². The van der Waals surface area contributed by atoms with Gasteiger partial charge >= 0.3 is 0 Å². The number of anilines is 1. The molecule has 0 fully saturated rings. The number of hydrogen-bond donors (Lipinski definition) is 1. The zero-order valence-corrected chi connectivity index (χ0v) is 13.2. The summed E-state index contributed by atoms with van der Waals surface area (Å²) in [5.74, 6) is 0.905. The van der Waals surface area contributed by atoms with Gasteiger partial charge in [0.25, 0.3) is 0 Å². The van der Waals surface area contributed by atoms with Crippen molar-refractivity contribution in [1.29, 1.82) is 0 Å². The Bertz CT molecular complexity index is 744. The van der Waals surface area contributed by atoms with Crippen molar-refractivity contribution < 1.29 is 4.79 Å². The van der Waals surface area contributed by atoms with Gasteiger partial charge in [0.2, 0.25) is 5.91 Å². The van der Waals surface area contributed by atoms with Crippen LogP contribution in [0.1, 0.15) is 0 Å². The van der Waals surface area contributed by atoms with Gasteiger partial charge in [0.15, 0.2) is 0 Å². The summed E-state index contributed by atoms with van der Waals surface area (Å²) in [5, 5.41) is 5.54. The Balaban J connectivity index is 1.57. The Morgan fingerprint density at radius 3 is 2.68 bits per heavy atom. The number of carbonyl (C=O) groups excluding carboxylic acids is 1. The normalized spacial score (nSPS) is 10.4. The van der Waals surface area contributed by atoms with Crippen LogP contribution < -0.4 is 5.32 Å². The van der Waals surface area contributed by atoms with Gasteiger partial charge in [-0.2, -0.15) is 0 Å². The molecule has 0 aliphatic heterocycles. The summed E-state index contributed by atoms with van der Waals surface area (Å²) in [4.78, 5) is 21.4. The average Bonchev–Trinajstić information content (AvgIpc) is 3.03. The first-order valence-electron chi connectivity index (χ1n) is 6.65. The SMILES string of the molecule is O=C(CSc1ccccc1)Nc1csc(-c2ccncc2)n1. The summed E-state index contributed by atoms with van der Waals surface area (Å²) in [6.07, 6.45) is 3.46. The molecule has 3 rings (SSSR count). The van der Waals surface area contributed by atoms with Gasteiger partial charge in [-0.25, -0.2) is 4.98 Å². The molecule has 6 heteroatoms. The quantitative estimate of drug-likeness (QED) is 0.721. The van der Waals surface area contributed by atoms with Crippen molar-refractivity contribution in [3.8, 4) is 10.6 Å². The van der Waals surface area contributed by atoms with E-state index in [0.717, 1.165) is 15.5 Å². The molecule has 2 heterocycles. The van der Waals surface area contributed by atoms with Crippen LogP contribution in [0, 0.1) is 0 Å². The second-order valence-corrected chi connectivity index (χ2v) is 6.33. The maximum Gasteiger partial charge on any atom is 0.235 e. The Labute approximate surface area is 136 Å². The molecule has 0 saturated heterocycles. The molecule has 0 spiro atoms. The summed E-state index contributed by atoms with van der Waals surface area (Å²) in [6, 6.07) is 13.7. The van der Waals surface area contributed by atoms with E-state index in [1.165, 1.54) is 23.1 Å². The Hall–Kier alpha value is -2.18. The lowest BCUT2D eigenvalue weighted by molar-refractivity contribution is -0.113. The topological polar surface area (TPSA) is 54.9 Å². The van der Waals surface area contributed by atoms with Crippen molar-refractivity contribution in [2.24, 2.45) is 0 Å². The number of benzene rings is 1. The lowest BCUT2D eigenvalue weighted by Gasteiger charge is -2.02. The molecule has 0 atom stereocenters. The third-order valence-electron chi connectivity index (χ3n) is 2.81. The van der Waals surface area contributed by atoms with Crippen LogP contribution in [0.2, 0.25) is 0 Å². The van der Waals surface area contributed by atoms with Crippen molar-refractivity contribution in [2.75, 3.05) is 11.1 Å². The van der Waals surface area contributed by atoms with E-state index in [4.69, 9.17) is 0 Å². The first kappa shape index (κ1) is 14.7. The molecule has 3 aromatic rings. The second-order valence-electron chi connectivity index (χ2n) is 4.42. The summed E-state index contributed by atoms with van der Waals surface area (Å²) >= 11 is 3.00. The molecule has 0 unspecified atom stereocenters. The molecule has 2 aromatic heterocycles. The number of hydrogen-bond acceptors (Lipinski definition) is 5. The van der Waals surface area contributed by atoms with Crippen LogP contribution in [0.5, 0.6) is 0 Å². The molecule has 1 aromatic carbocycles. The average molecular weight is 327 g/mol. The number of amides is 1. The summed E-state index contributed by atoms with van der Waals surface area (Å²) < 4.78 is 0. The highest BCUT2D eigenvalue weighted by molar-refractivity contribution is 8.00.